The molecule has 0 spiro atoms. The third-order valence-corrected chi connectivity index (χ3v) is 7.28. The van der Waals surface area contributed by atoms with Gasteiger partial charge in [-0.1, -0.05) is 17.4 Å². The Kier molecular flexibility index (Phi) is 7.43. The molecule has 0 saturated carbocycles. The van der Waals surface area contributed by atoms with Crippen LogP contribution in [0.5, 0.6) is 28.7 Å². The third kappa shape index (κ3) is 4.99. The van der Waals surface area contributed by atoms with Crippen LogP contribution in [-0.4, -0.2) is 51.4 Å². The standard InChI is InChI=1S/C27H23F3N2O8S/c1-5-38-25(34)20-21(14-6-7-15-16(11-14)40-12-39-15)32-24(33)19(41-26(32)31-23(20)27(28,29)30)10-13-8-17(35-2)22(37-4)18(9-13)36-3/h6-11,21H,5,12H2,1-4H3/b19-10-/t21-/m1/s1. The van der Waals surface area contributed by atoms with Gasteiger partial charge >= 0.3 is 12.1 Å². The van der Waals surface area contributed by atoms with Gasteiger partial charge in [-0.2, -0.15) is 13.2 Å². The van der Waals surface area contributed by atoms with Gasteiger partial charge < -0.3 is 28.4 Å². The minimum absolute atomic E-state index is 0.0513. The Labute approximate surface area is 234 Å². The van der Waals surface area contributed by atoms with Crippen molar-refractivity contribution in [3.05, 3.63) is 72.4 Å². The van der Waals surface area contributed by atoms with Crippen molar-refractivity contribution in [1.82, 2.24) is 4.57 Å². The van der Waals surface area contributed by atoms with Crippen LogP contribution >= 0.6 is 11.3 Å². The minimum Gasteiger partial charge on any atom is -0.493 e. The van der Waals surface area contributed by atoms with Crippen molar-refractivity contribution in [2.75, 3.05) is 34.7 Å². The highest BCUT2D eigenvalue weighted by Crippen LogP contribution is 2.42. The van der Waals surface area contributed by atoms with Crippen molar-refractivity contribution in [3.63, 3.8) is 0 Å². The number of allylic oxidation sites excluding steroid dienone is 1. The fourth-order valence-electron chi connectivity index (χ4n) is 4.58. The second-order valence-corrected chi connectivity index (χ2v) is 9.64. The number of aromatic nitrogens is 1. The highest BCUT2D eigenvalue weighted by Gasteiger charge is 2.45. The number of esters is 1. The maximum absolute atomic E-state index is 14.4. The number of carbonyl (C=O) groups is 1. The van der Waals surface area contributed by atoms with Gasteiger partial charge in [0, 0.05) is 0 Å². The van der Waals surface area contributed by atoms with Crippen LogP contribution in [-0.2, 0) is 9.53 Å². The lowest BCUT2D eigenvalue weighted by atomic mass is 9.95. The van der Waals surface area contributed by atoms with Gasteiger partial charge in [0.1, 0.15) is 0 Å². The predicted molar refractivity (Wildman–Crippen MR) is 139 cm³/mol. The first-order chi connectivity index (χ1) is 19.6. The molecule has 216 valence electrons. The summed E-state index contributed by atoms with van der Waals surface area (Å²) in [5.41, 5.74) is -2.31. The molecule has 0 aliphatic carbocycles. The number of halogens is 3. The van der Waals surface area contributed by atoms with E-state index in [4.69, 9.17) is 28.4 Å². The van der Waals surface area contributed by atoms with Crippen LogP contribution in [0.3, 0.4) is 0 Å². The summed E-state index contributed by atoms with van der Waals surface area (Å²) in [6.07, 6.45) is -3.56. The van der Waals surface area contributed by atoms with Crippen molar-refractivity contribution in [1.29, 1.82) is 0 Å². The number of benzene rings is 2. The molecule has 2 aromatic carbocycles. The third-order valence-electron chi connectivity index (χ3n) is 6.29. The second-order valence-electron chi connectivity index (χ2n) is 8.63. The van der Waals surface area contributed by atoms with Crippen LogP contribution in [0.15, 0.2) is 51.4 Å². The van der Waals surface area contributed by atoms with Gasteiger partial charge in [-0.3, -0.25) is 9.36 Å². The Morgan fingerprint density at radius 2 is 1.78 bits per heavy atom. The van der Waals surface area contributed by atoms with E-state index < -0.39 is 35.0 Å². The topological polar surface area (TPSA) is 107 Å². The van der Waals surface area contributed by atoms with Crippen LogP contribution in [0, 0.1) is 0 Å². The quantitative estimate of drug-likeness (QED) is 0.386. The summed E-state index contributed by atoms with van der Waals surface area (Å²) >= 11 is 0.738. The number of thiazole rings is 1. The van der Waals surface area contributed by atoms with Crippen LogP contribution in [0.1, 0.15) is 24.1 Å². The van der Waals surface area contributed by atoms with Crippen LogP contribution in [0.25, 0.3) is 6.08 Å². The molecular formula is C27H23F3N2O8S. The second kappa shape index (κ2) is 10.8. The average Bonchev–Trinajstić information content (AvgIpc) is 3.54. The molecule has 0 unspecified atom stereocenters. The Hall–Kier alpha value is -4.46. The van der Waals surface area contributed by atoms with E-state index in [9.17, 15) is 22.8 Å². The Morgan fingerprint density at radius 3 is 2.39 bits per heavy atom. The average molecular weight is 593 g/mol. The molecule has 2 aliphatic rings. The molecule has 0 saturated heterocycles. The first-order valence-electron chi connectivity index (χ1n) is 12.1. The Bertz CT molecular complexity index is 1720. The molecule has 0 N–H and O–H groups in total. The smallest absolute Gasteiger partial charge is 0.434 e. The van der Waals surface area contributed by atoms with Gasteiger partial charge in [-0.25, -0.2) is 9.79 Å². The number of rotatable bonds is 7. The van der Waals surface area contributed by atoms with Crippen molar-refractivity contribution < 1.29 is 46.4 Å². The number of alkyl halides is 3. The van der Waals surface area contributed by atoms with Gasteiger partial charge in [0.25, 0.3) is 5.56 Å². The van der Waals surface area contributed by atoms with E-state index in [1.807, 2.05) is 0 Å². The van der Waals surface area contributed by atoms with Crippen LogP contribution < -0.4 is 38.6 Å². The number of methoxy groups -OCH3 is 3. The van der Waals surface area contributed by atoms with E-state index in [-0.39, 0.29) is 34.0 Å². The van der Waals surface area contributed by atoms with E-state index in [2.05, 4.69) is 4.99 Å². The number of nitrogens with zero attached hydrogens (tertiary/aromatic N) is 2. The van der Waals surface area contributed by atoms with Gasteiger partial charge in [0.15, 0.2) is 33.5 Å². The zero-order valence-corrected chi connectivity index (χ0v) is 23.0. The summed E-state index contributed by atoms with van der Waals surface area (Å²) in [6.45, 7) is 1.20. The highest BCUT2D eigenvalue weighted by molar-refractivity contribution is 7.07. The largest absolute Gasteiger partial charge is 0.493 e. The minimum atomic E-state index is -5.03. The van der Waals surface area contributed by atoms with E-state index >= 15 is 0 Å². The number of ether oxygens (including phenoxy) is 6. The van der Waals surface area contributed by atoms with Gasteiger partial charge in [0.05, 0.1) is 44.1 Å². The predicted octanol–water partition coefficient (Wildman–Crippen LogP) is 3.10. The molecule has 10 nitrogen and oxygen atoms in total. The van der Waals surface area contributed by atoms with Crippen molar-refractivity contribution in [2.24, 2.45) is 4.99 Å². The lowest BCUT2D eigenvalue weighted by molar-refractivity contribution is -0.140. The molecule has 14 heteroatoms. The lowest BCUT2D eigenvalue weighted by Gasteiger charge is -2.26. The van der Waals surface area contributed by atoms with Gasteiger partial charge in [-0.15, -0.1) is 0 Å². The molecule has 5 rings (SSSR count). The fourth-order valence-corrected chi connectivity index (χ4v) is 5.58. The molecule has 2 aliphatic heterocycles. The summed E-state index contributed by atoms with van der Waals surface area (Å²) in [5.74, 6) is 0.341. The molecule has 3 aromatic rings. The lowest BCUT2D eigenvalue weighted by Crippen LogP contribution is -2.41. The maximum atomic E-state index is 14.4. The summed E-state index contributed by atoms with van der Waals surface area (Å²) in [5, 5.41) is 0. The zero-order valence-electron chi connectivity index (χ0n) is 22.2. The van der Waals surface area contributed by atoms with E-state index in [0.29, 0.717) is 28.6 Å². The molecular weight excluding hydrogens is 569 g/mol. The highest BCUT2D eigenvalue weighted by atomic mass is 32.1. The zero-order chi connectivity index (χ0) is 29.5. The normalized spacial score (nSPS) is 16.3. The molecule has 1 aromatic heterocycles. The molecule has 41 heavy (non-hydrogen) atoms. The van der Waals surface area contributed by atoms with Crippen LogP contribution in [0.4, 0.5) is 13.2 Å². The molecule has 0 amide bonds. The van der Waals surface area contributed by atoms with E-state index in [0.717, 1.165) is 15.9 Å². The Morgan fingerprint density at radius 1 is 1.10 bits per heavy atom. The summed E-state index contributed by atoms with van der Waals surface area (Å²) in [7, 11) is 4.29. The summed E-state index contributed by atoms with van der Waals surface area (Å²) < 4.78 is 76.0. The number of carbonyl (C=O) groups excluding carboxylic acids is 1. The van der Waals surface area contributed by atoms with Crippen molar-refractivity contribution in [3.8, 4) is 28.7 Å². The fraction of sp³-hybridized carbons (Fsp3) is 0.296. The van der Waals surface area contributed by atoms with Gasteiger partial charge in [0.2, 0.25) is 12.5 Å². The first kappa shape index (κ1) is 28.1. The van der Waals surface area contributed by atoms with E-state index in [1.165, 1.54) is 52.5 Å². The maximum Gasteiger partial charge on any atom is 0.434 e. The number of hydrogen-bond donors (Lipinski definition) is 0. The van der Waals surface area contributed by atoms with Crippen molar-refractivity contribution >= 4 is 23.4 Å². The number of fused-ring (bicyclic) bond motifs is 2. The number of hydrogen-bond acceptors (Lipinski definition) is 10. The molecule has 0 radical (unpaired) electrons. The summed E-state index contributed by atoms with van der Waals surface area (Å²) in [6, 6.07) is 6.05. The molecule has 3 heterocycles. The molecule has 0 bridgehead atoms. The SMILES string of the molecule is CCOC(=O)C1=C(C(F)(F)F)N=c2s/c(=C\c3cc(OC)c(OC)c(OC)c3)c(=O)n2[C@@H]1c1ccc2c(c1)OCO2. The molecule has 1 atom stereocenters. The molecule has 0 fully saturated rings. The van der Waals surface area contributed by atoms with Crippen LogP contribution in [0.2, 0.25) is 0 Å². The Balaban J connectivity index is 1.79. The first-order valence-corrected chi connectivity index (χ1v) is 12.9. The monoisotopic (exact) mass is 592 g/mol. The van der Waals surface area contributed by atoms with E-state index in [1.54, 1.807) is 12.1 Å². The van der Waals surface area contributed by atoms with Crippen molar-refractivity contribution in [2.45, 2.75) is 19.1 Å². The summed E-state index contributed by atoms with van der Waals surface area (Å²) in [4.78, 5) is 30.4. The van der Waals surface area contributed by atoms with Gasteiger partial charge in [-0.05, 0) is 48.4 Å².